The lowest BCUT2D eigenvalue weighted by Gasteiger charge is -2.28. The Hall–Kier alpha value is -1.54. The van der Waals surface area contributed by atoms with E-state index in [1.807, 2.05) is 49.4 Å². The third-order valence-electron chi connectivity index (χ3n) is 4.38. The van der Waals surface area contributed by atoms with E-state index in [9.17, 15) is 5.11 Å². The number of hydrogen-bond acceptors (Lipinski definition) is 6. The number of nitrogens with zero attached hydrogens (tertiary/aromatic N) is 3. The maximum absolute atomic E-state index is 10.3. The van der Waals surface area contributed by atoms with Crippen molar-refractivity contribution in [1.82, 2.24) is 20.0 Å². The van der Waals surface area contributed by atoms with Gasteiger partial charge in [0, 0.05) is 68.6 Å². The van der Waals surface area contributed by atoms with Crippen molar-refractivity contribution in [1.29, 1.82) is 0 Å². The lowest BCUT2D eigenvalue weighted by atomic mass is 10.2. The lowest BCUT2D eigenvalue weighted by molar-refractivity contribution is 0.0711. The predicted molar refractivity (Wildman–Crippen MR) is 105 cm³/mol. The van der Waals surface area contributed by atoms with E-state index in [1.165, 1.54) is 0 Å². The molecule has 1 saturated heterocycles. The molecule has 0 bridgehead atoms. The van der Waals surface area contributed by atoms with E-state index >= 15 is 0 Å². The molecule has 1 aliphatic rings. The highest BCUT2D eigenvalue weighted by Gasteiger charge is 2.15. The molecule has 7 heteroatoms. The average Bonchev–Trinajstić information content (AvgIpc) is 3.07. The van der Waals surface area contributed by atoms with E-state index < -0.39 is 6.10 Å². The van der Waals surface area contributed by atoms with E-state index in [-0.39, 0.29) is 0 Å². The molecule has 1 aromatic carbocycles. The SMILES string of the molecule is Cn1cc(CNCc2ccccc2OC[C@H](O)CN2CCSCC2)cn1. The molecule has 0 radical (unpaired) electrons. The summed E-state index contributed by atoms with van der Waals surface area (Å²) in [5, 5.41) is 17.9. The summed E-state index contributed by atoms with van der Waals surface area (Å²) < 4.78 is 7.71. The Labute approximate surface area is 159 Å². The molecule has 0 aliphatic carbocycles. The number of para-hydroxylation sites is 1. The molecule has 0 unspecified atom stereocenters. The van der Waals surface area contributed by atoms with Gasteiger partial charge in [0.1, 0.15) is 18.5 Å². The largest absolute Gasteiger partial charge is 0.491 e. The van der Waals surface area contributed by atoms with Crippen molar-refractivity contribution in [3.8, 4) is 5.75 Å². The van der Waals surface area contributed by atoms with Crippen LogP contribution in [0.5, 0.6) is 5.75 Å². The average molecular weight is 377 g/mol. The minimum absolute atomic E-state index is 0.323. The van der Waals surface area contributed by atoms with Crippen LogP contribution in [0.15, 0.2) is 36.7 Å². The van der Waals surface area contributed by atoms with E-state index in [1.54, 1.807) is 4.68 Å². The second-order valence-electron chi connectivity index (χ2n) is 6.61. The summed E-state index contributed by atoms with van der Waals surface area (Å²) in [4.78, 5) is 2.31. The number of hydrogen-bond donors (Lipinski definition) is 2. The summed E-state index contributed by atoms with van der Waals surface area (Å²) in [6.07, 6.45) is 3.41. The first-order valence-corrected chi connectivity index (χ1v) is 10.2. The number of rotatable bonds is 9. The van der Waals surface area contributed by atoms with Gasteiger partial charge < -0.3 is 15.2 Å². The van der Waals surface area contributed by atoms with Crippen molar-refractivity contribution in [2.75, 3.05) is 37.7 Å². The minimum Gasteiger partial charge on any atom is -0.491 e. The fraction of sp³-hybridized carbons (Fsp3) is 0.526. The molecular weight excluding hydrogens is 348 g/mol. The van der Waals surface area contributed by atoms with Crippen LogP contribution in [0.1, 0.15) is 11.1 Å². The molecule has 0 spiro atoms. The zero-order valence-corrected chi connectivity index (χ0v) is 16.1. The quantitative estimate of drug-likeness (QED) is 0.692. The summed E-state index contributed by atoms with van der Waals surface area (Å²) in [5.41, 5.74) is 2.25. The second kappa shape index (κ2) is 9.97. The predicted octanol–water partition coefficient (Wildman–Crippen LogP) is 1.50. The number of β-amino-alcohol motifs (C(OH)–C–C–N with tert-alkyl or cyclic N) is 1. The Morgan fingerprint density at radius 3 is 2.85 bits per heavy atom. The summed E-state index contributed by atoms with van der Waals surface area (Å²) in [5.74, 6) is 3.14. The highest BCUT2D eigenvalue weighted by Crippen LogP contribution is 2.18. The van der Waals surface area contributed by atoms with E-state index in [0.29, 0.717) is 19.7 Å². The number of ether oxygens (including phenoxy) is 1. The summed E-state index contributed by atoms with van der Waals surface area (Å²) in [6, 6.07) is 8.00. The fourth-order valence-corrected chi connectivity index (χ4v) is 3.99. The van der Waals surface area contributed by atoms with Gasteiger partial charge in [-0.2, -0.15) is 16.9 Å². The van der Waals surface area contributed by atoms with Gasteiger partial charge in [0.2, 0.25) is 0 Å². The van der Waals surface area contributed by atoms with Crippen LogP contribution in [0.25, 0.3) is 0 Å². The van der Waals surface area contributed by atoms with Crippen LogP contribution >= 0.6 is 11.8 Å². The van der Waals surface area contributed by atoms with Gasteiger partial charge >= 0.3 is 0 Å². The van der Waals surface area contributed by atoms with Crippen LogP contribution in [0.3, 0.4) is 0 Å². The molecular formula is C19H28N4O2S. The zero-order valence-electron chi connectivity index (χ0n) is 15.3. The van der Waals surface area contributed by atoms with Crippen molar-refractivity contribution in [2.24, 2.45) is 7.05 Å². The van der Waals surface area contributed by atoms with Gasteiger partial charge in [-0.15, -0.1) is 0 Å². The van der Waals surface area contributed by atoms with Gasteiger partial charge in [-0.3, -0.25) is 9.58 Å². The number of nitrogens with one attached hydrogen (secondary N) is 1. The topological polar surface area (TPSA) is 62.6 Å². The van der Waals surface area contributed by atoms with Crippen LogP contribution in [0, 0.1) is 0 Å². The Bertz CT molecular complexity index is 673. The molecule has 1 aliphatic heterocycles. The molecule has 142 valence electrons. The van der Waals surface area contributed by atoms with Crippen molar-refractivity contribution >= 4 is 11.8 Å². The molecule has 2 aromatic rings. The van der Waals surface area contributed by atoms with Crippen molar-refractivity contribution in [3.05, 3.63) is 47.8 Å². The first kappa shape index (κ1) is 19.2. The highest BCUT2D eigenvalue weighted by molar-refractivity contribution is 7.99. The molecule has 26 heavy (non-hydrogen) atoms. The van der Waals surface area contributed by atoms with Crippen LogP contribution in [-0.4, -0.2) is 63.6 Å². The Morgan fingerprint density at radius 1 is 1.27 bits per heavy atom. The van der Waals surface area contributed by atoms with Crippen molar-refractivity contribution in [2.45, 2.75) is 19.2 Å². The normalized spacial score (nSPS) is 16.5. The third kappa shape index (κ3) is 6.02. The van der Waals surface area contributed by atoms with Crippen LogP contribution < -0.4 is 10.1 Å². The molecule has 6 nitrogen and oxygen atoms in total. The standard InChI is InChI=1S/C19H28N4O2S/c1-22-13-16(11-21-22)10-20-12-17-4-2-3-5-19(17)25-15-18(24)14-23-6-8-26-9-7-23/h2-5,11,13,18,20,24H,6-10,12,14-15H2,1H3/t18-/m1/s1. The molecule has 3 rings (SSSR count). The Morgan fingerprint density at radius 2 is 2.08 bits per heavy atom. The molecule has 1 atom stereocenters. The maximum Gasteiger partial charge on any atom is 0.123 e. The molecule has 2 heterocycles. The molecule has 1 aromatic heterocycles. The van der Waals surface area contributed by atoms with Crippen LogP contribution in [-0.2, 0) is 20.1 Å². The van der Waals surface area contributed by atoms with Gasteiger partial charge in [-0.25, -0.2) is 0 Å². The number of thioether (sulfide) groups is 1. The zero-order chi connectivity index (χ0) is 18.2. The fourth-order valence-electron chi connectivity index (χ4n) is 3.02. The number of aliphatic hydroxyl groups is 1. The summed E-state index contributed by atoms with van der Waals surface area (Å²) >= 11 is 1.98. The van der Waals surface area contributed by atoms with E-state index in [2.05, 4.69) is 21.4 Å². The molecule has 2 N–H and O–H groups in total. The molecule has 1 fully saturated rings. The Kier molecular flexibility index (Phi) is 7.37. The number of aliphatic hydroxyl groups excluding tert-OH is 1. The number of aromatic nitrogens is 2. The van der Waals surface area contributed by atoms with Crippen molar-refractivity contribution < 1.29 is 9.84 Å². The van der Waals surface area contributed by atoms with Crippen molar-refractivity contribution in [3.63, 3.8) is 0 Å². The monoisotopic (exact) mass is 376 g/mol. The first-order chi connectivity index (χ1) is 12.7. The minimum atomic E-state index is -0.463. The highest BCUT2D eigenvalue weighted by atomic mass is 32.2. The number of benzene rings is 1. The van der Waals surface area contributed by atoms with Gasteiger partial charge in [0.15, 0.2) is 0 Å². The first-order valence-electron chi connectivity index (χ1n) is 9.08. The Balaban J connectivity index is 1.45. The molecule has 0 amide bonds. The van der Waals surface area contributed by atoms with E-state index in [4.69, 9.17) is 4.74 Å². The second-order valence-corrected chi connectivity index (χ2v) is 7.84. The van der Waals surface area contributed by atoms with E-state index in [0.717, 1.165) is 48.0 Å². The van der Waals surface area contributed by atoms with Gasteiger partial charge in [0.05, 0.1) is 6.20 Å². The van der Waals surface area contributed by atoms with Gasteiger partial charge in [-0.05, 0) is 6.07 Å². The van der Waals surface area contributed by atoms with Gasteiger partial charge in [0.25, 0.3) is 0 Å². The van der Waals surface area contributed by atoms with Gasteiger partial charge in [-0.1, -0.05) is 18.2 Å². The summed E-state index contributed by atoms with van der Waals surface area (Å²) in [6.45, 7) is 4.58. The lowest BCUT2D eigenvalue weighted by Crippen LogP contribution is -2.40. The summed E-state index contributed by atoms with van der Waals surface area (Å²) in [7, 11) is 1.92. The van der Waals surface area contributed by atoms with Crippen LogP contribution in [0.4, 0.5) is 0 Å². The maximum atomic E-state index is 10.3. The number of aryl methyl sites for hydroxylation is 1. The molecule has 0 saturated carbocycles. The third-order valence-corrected chi connectivity index (χ3v) is 5.32. The smallest absolute Gasteiger partial charge is 0.123 e. The van der Waals surface area contributed by atoms with Crippen LogP contribution in [0.2, 0.25) is 0 Å².